The Labute approximate surface area is 109 Å². The minimum atomic E-state index is -3.14. The number of nitrogens with one attached hydrogen (secondary N) is 1. The molecule has 1 fully saturated rings. The van der Waals surface area contributed by atoms with Crippen LogP contribution in [0.4, 0.5) is 4.79 Å². The Kier molecular flexibility index (Phi) is 5.15. The molecule has 6 nitrogen and oxygen atoms in total. The van der Waals surface area contributed by atoms with E-state index in [-0.39, 0.29) is 6.03 Å². The Hall–Kier alpha value is -1.08. The van der Waals surface area contributed by atoms with Gasteiger partial charge in [-0.1, -0.05) is 19.9 Å². The van der Waals surface area contributed by atoms with E-state index in [0.29, 0.717) is 32.1 Å². The van der Waals surface area contributed by atoms with Crippen LogP contribution in [0.2, 0.25) is 0 Å². The van der Waals surface area contributed by atoms with Gasteiger partial charge in [-0.3, -0.25) is 0 Å². The maximum atomic E-state index is 11.7. The van der Waals surface area contributed by atoms with Crippen LogP contribution in [0.1, 0.15) is 13.8 Å². The predicted molar refractivity (Wildman–Crippen MR) is 70.5 cm³/mol. The first-order chi connectivity index (χ1) is 8.30. The Bertz CT molecular complexity index is 409. The molecule has 0 aromatic heterocycles. The van der Waals surface area contributed by atoms with E-state index in [2.05, 4.69) is 5.32 Å². The largest absolute Gasteiger partial charge is 0.322 e. The third-order valence-electron chi connectivity index (χ3n) is 2.68. The molecule has 0 atom stereocenters. The van der Waals surface area contributed by atoms with Crippen LogP contribution < -0.4 is 5.32 Å². The van der Waals surface area contributed by atoms with Crippen molar-refractivity contribution in [2.24, 2.45) is 5.92 Å². The molecule has 104 valence electrons. The van der Waals surface area contributed by atoms with Crippen LogP contribution in [0.5, 0.6) is 0 Å². The SMILES string of the molecule is CC(C)/C=C/NC(=O)N1CCN(S(C)(=O)=O)CC1. The summed E-state index contributed by atoms with van der Waals surface area (Å²) in [7, 11) is -3.14. The molecule has 0 aromatic rings. The van der Waals surface area contributed by atoms with Crippen LogP contribution in [0.15, 0.2) is 12.3 Å². The molecule has 1 heterocycles. The van der Waals surface area contributed by atoms with E-state index >= 15 is 0 Å². The first kappa shape index (κ1) is 15.0. The first-order valence-corrected chi connectivity index (χ1v) is 7.83. The van der Waals surface area contributed by atoms with Crippen LogP contribution in [-0.2, 0) is 10.0 Å². The van der Waals surface area contributed by atoms with Gasteiger partial charge >= 0.3 is 6.03 Å². The van der Waals surface area contributed by atoms with E-state index in [1.807, 2.05) is 19.9 Å². The molecular weight excluding hydrogens is 254 g/mol. The maximum Gasteiger partial charge on any atom is 0.321 e. The smallest absolute Gasteiger partial charge is 0.321 e. The number of hydrogen-bond donors (Lipinski definition) is 1. The maximum absolute atomic E-state index is 11.7. The van der Waals surface area contributed by atoms with Crippen LogP contribution in [0.25, 0.3) is 0 Å². The lowest BCUT2D eigenvalue weighted by Gasteiger charge is -2.32. The highest BCUT2D eigenvalue weighted by molar-refractivity contribution is 7.88. The van der Waals surface area contributed by atoms with Crippen LogP contribution in [0.3, 0.4) is 0 Å². The number of amides is 2. The van der Waals surface area contributed by atoms with Gasteiger partial charge in [0.2, 0.25) is 10.0 Å². The number of carbonyl (C=O) groups is 1. The Morgan fingerprint density at radius 1 is 1.22 bits per heavy atom. The van der Waals surface area contributed by atoms with Crippen molar-refractivity contribution in [1.29, 1.82) is 0 Å². The number of urea groups is 1. The van der Waals surface area contributed by atoms with Gasteiger partial charge in [-0.2, -0.15) is 4.31 Å². The second-order valence-corrected chi connectivity index (χ2v) is 6.68. The second-order valence-electron chi connectivity index (χ2n) is 4.70. The molecule has 0 aromatic carbocycles. The van der Waals surface area contributed by atoms with E-state index in [1.54, 1.807) is 11.1 Å². The summed E-state index contributed by atoms with van der Waals surface area (Å²) in [6.45, 7) is 5.62. The predicted octanol–water partition coefficient (Wildman–Crippen LogP) is 0.443. The number of hydrogen-bond acceptors (Lipinski definition) is 3. The fourth-order valence-corrected chi connectivity index (χ4v) is 2.45. The van der Waals surface area contributed by atoms with Gasteiger partial charge in [0.05, 0.1) is 6.26 Å². The van der Waals surface area contributed by atoms with Crippen molar-refractivity contribution >= 4 is 16.1 Å². The molecule has 0 saturated carbocycles. The molecular formula is C11H21N3O3S. The lowest BCUT2D eigenvalue weighted by Crippen LogP contribution is -2.52. The van der Waals surface area contributed by atoms with E-state index in [9.17, 15) is 13.2 Å². The van der Waals surface area contributed by atoms with Gasteiger partial charge in [0.25, 0.3) is 0 Å². The van der Waals surface area contributed by atoms with Crippen LogP contribution in [-0.4, -0.2) is 56.1 Å². The van der Waals surface area contributed by atoms with E-state index in [4.69, 9.17) is 0 Å². The molecule has 1 aliphatic heterocycles. The van der Waals surface area contributed by atoms with Gasteiger partial charge in [0, 0.05) is 32.4 Å². The molecule has 0 bridgehead atoms. The summed E-state index contributed by atoms with van der Waals surface area (Å²) >= 11 is 0. The summed E-state index contributed by atoms with van der Waals surface area (Å²) in [5.41, 5.74) is 0. The van der Waals surface area contributed by atoms with Gasteiger partial charge < -0.3 is 10.2 Å². The van der Waals surface area contributed by atoms with Crippen molar-refractivity contribution < 1.29 is 13.2 Å². The zero-order chi connectivity index (χ0) is 13.8. The molecule has 1 N–H and O–H groups in total. The van der Waals surface area contributed by atoms with Crippen molar-refractivity contribution in [2.75, 3.05) is 32.4 Å². The van der Waals surface area contributed by atoms with E-state index in [1.165, 1.54) is 10.6 Å². The molecule has 0 spiro atoms. The third kappa shape index (κ3) is 4.66. The summed E-state index contributed by atoms with van der Waals surface area (Å²) in [5, 5.41) is 2.68. The minimum Gasteiger partial charge on any atom is -0.322 e. The quantitative estimate of drug-likeness (QED) is 0.812. The van der Waals surface area contributed by atoms with Gasteiger partial charge in [-0.05, 0) is 5.92 Å². The number of carbonyl (C=O) groups excluding carboxylic acids is 1. The highest BCUT2D eigenvalue weighted by atomic mass is 32.2. The summed E-state index contributed by atoms with van der Waals surface area (Å²) in [6.07, 6.45) is 4.72. The summed E-state index contributed by atoms with van der Waals surface area (Å²) in [6, 6.07) is -0.181. The topological polar surface area (TPSA) is 69.7 Å². The molecule has 1 aliphatic rings. The lowest BCUT2D eigenvalue weighted by molar-refractivity contribution is 0.176. The number of nitrogens with zero attached hydrogens (tertiary/aromatic N) is 2. The van der Waals surface area contributed by atoms with Crippen molar-refractivity contribution in [3.8, 4) is 0 Å². The molecule has 7 heteroatoms. The summed E-state index contributed by atoms with van der Waals surface area (Å²) in [4.78, 5) is 13.3. The molecule has 0 unspecified atom stereocenters. The van der Waals surface area contributed by atoms with Gasteiger partial charge in [0.15, 0.2) is 0 Å². The highest BCUT2D eigenvalue weighted by Crippen LogP contribution is 2.06. The zero-order valence-electron chi connectivity index (χ0n) is 11.1. The fourth-order valence-electron chi connectivity index (χ4n) is 1.63. The molecule has 1 saturated heterocycles. The Morgan fingerprint density at radius 2 is 1.78 bits per heavy atom. The summed E-state index contributed by atoms with van der Waals surface area (Å²) in [5.74, 6) is 0.382. The van der Waals surface area contributed by atoms with Gasteiger partial charge in [-0.25, -0.2) is 13.2 Å². The molecule has 0 aliphatic carbocycles. The van der Waals surface area contributed by atoms with Crippen LogP contribution in [0, 0.1) is 5.92 Å². The zero-order valence-corrected chi connectivity index (χ0v) is 11.9. The molecule has 2 amide bonds. The molecule has 18 heavy (non-hydrogen) atoms. The molecule has 1 rings (SSSR count). The number of rotatable bonds is 3. The lowest BCUT2D eigenvalue weighted by atomic mass is 10.2. The second kappa shape index (κ2) is 6.19. The van der Waals surface area contributed by atoms with Crippen molar-refractivity contribution in [2.45, 2.75) is 13.8 Å². The number of sulfonamides is 1. The minimum absolute atomic E-state index is 0.181. The van der Waals surface area contributed by atoms with Crippen molar-refractivity contribution in [3.63, 3.8) is 0 Å². The monoisotopic (exact) mass is 275 g/mol. The standard InChI is InChI=1S/C11H21N3O3S/c1-10(2)4-5-12-11(15)13-6-8-14(9-7-13)18(3,16)17/h4-5,10H,6-9H2,1-3H3,(H,12,15)/b5-4+. The number of piperazine rings is 1. The third-order valence-corrected chi connectivity index (χ3v) is 3.99. The van der Waals surface area contributed by atoms with Crippen molar-refractivity contribution in [1.82, 2.24) is 14.5 Å². The number of allylic oxidation sites excluding steroid dienone is 1. The molecule has 0 radical (unpaired) electrons. The Balaban J connectivity index is 2.41. The average Bonchev–Trinajstić information content (AvgIpc) is 2.27. The highest BCUT2D eigenvalue weighted by Gasteiger charge is 2.25. The van der Waals surface area contributed by atoms with Gasteiger partial charge in [-0.15, -0.1) is 0 Å². The van der Waals surface area contributed by atoms with Crippen molar-refractivity contribution in [3.05, 3.63) is 12.3 Å². The Morgan fingerprint density at radius 3 is 2.22 bits per heavy atom. The first-order valence-electron chi connectivity index (χ1n) is 5.98. The fraction of sp³-hybridized carbons (Fsp3) is 0.727. The average molecular weight is 275 g/mol. The normalized spacial score (nSPS) is 18.6. The van der Waals surface area contributed by atoms with E-state index < -0.39 is 10.0 Å². The summed E-state index contributed by atoms with van der Waals surface area (Å²) < 4.78 is 24.0. The van der Waals surface area contributed by atoms with E-state index in [0.717, 1.165) is 0 Å². The van der Waals surface area contributed by atoms with Crippen LogP contribution >= 0.6 is 0 Å². The van der Waals surface area contributed by atoms with Gasteiger partial charge in [0.1, 0.15) is 0 Å².